The van der Waals surface area contributed by atoms with Crippen LogP contribution in [-0.2, 0) is 14.4 Å². The number of carbonyl (C=O) groups is 3. The van der Waals surface area contributed by atoms with Crippen molar-refractivity contribution in [1.82, 2.24) is 0 Å². The van der Waals surface area contributed by atoms with Gasteiger partial charge in [-0.1, -0.05) is 71.1 Å². The van der Waals surface area contributed by atoms with Crippen LogP contribution in [0.5, 0.6) is 0 Å². The van der Waals surface area contributed by atoms with Gasteiger partial charge in [-0.2, -0.15) is 0 Å². The predicted octanol–water partition coefficient (Wildman–Crippen LogP) is 3.54. The van der Waals surface area contributed by atoms with Gasteiger partial charge < -0.3 is 15.3 Å². The average molecular weight is 316 g/mol. The van der Waals surface area contributed by atoms with Crippen LogP contribution in [0.15, 0.2) is 0 Å². The van der Waals surface area contributed by atoms with Gasteiger partial charge in [-0.05, 0) is 6.42 Å². The Kier molecular flexibility index (Phi) is 10.2. The third-order valence-electron chi connectivity index (χ3n) is 4.00. The average Bonchev–Trinajstić information content (AvgIpc) is 2.43. The summed E-state index contributed by atoms with van der Waals surface area (Å²) in [5.74, 6) is -5.41. The summed E-state index contributed by atoms with van der Waals surface area (Å²) in [4.78, 5) is 33.1. The molecule has 0 bridgehead atoms. The maximum atomic E-state index is 11.0. The van der Waals surface area contributed by atoms with Crippen LogP contribution in [0.3, 0.4) is 0 Å². The minimum absolute atomic E-state index is 0.292. The first-order valence-electron chi connectivity index (χ1n) is 8.09. The molecule has 0 saturated carbocycles. The van der Waals surface area contributed by atoms with Gasteiger partial charge in [0.25, 0.3) is 5.41 Å². The first kappa shape index (κ1) is 20.4. The lowest BCUT2D eigenvalue weighted by atomic mass is 9.82. The third kappa shape index (κ3) is 6.45. The first-order chi connectivity index (χ1) is 10.4. The van der Waals surface area contributed by atoms with Crippen molar-refractivity contribution in [2.75, 3.05) is 0 Å². The molecular formula is C16H28O6. The maximum absolute atomic E-state index is 11.0. The largest absolute Gasteiger partial charge is 0.480 e. The monoisotopic (exact) mass is 316 g/mol. The molecule has 0 spiro atoms. The minimum atomic E-state index is -2.71. The highest BCUT2D eigenvalue weighted by molar-refractivity contribution is 6.16. The number of unbranched alkanes of at least 4 members (excludes halogenated alkanes) is 9. The molecule has 0 rings (SSSR count). The van der Waals surface area contributed by atoms with E-state index in [1.807, 2.05) is 0 Å². The zero-order chi connectivity index (χ0) is 17.0. The summed E-state index contributed by atoms with van der Waals surface area (Å²) in [6.07, 6.45) is 9.75. The number of carboxylic acids is 3. The van der Waals surface area contributed by atoms with Crippen LogP contribution in [0.4, 0.5) is 0 Å². The van der Waals surface area contributed by atoms with Crippen molar-refractivity contribution in [1.29, 1.82) is 0 Å². The van der Waals surface area contributed by atoms with Crippen LogP contribution < -0.4 is 0 Å². The van der Waals surface area contributed by atoms with Gasteiger partial charge in [-0.15, -0.1) is 0 Å². The molecule has 0 aliphatic carbocycles. The van der Waals surface area contributed by atoms with Crippen molar-refractivity contribution in [3.8, 4) is 0 Å². The lowest BCUT2D eigenvalue weighted by Gasteiger charge is -2.19. The maximum Gasteiger partial charge on any atom is 0.332 e. The Labute approximate surface area is 131 Å². The lowest BCUT2D eigenvalue weighted by molar-refractivity contribution is -0.176. The highest BCUT2D eigenvalue weighted by Gasteiger charge is 2.53. The van der Waals surface area contributed by atoms with Gasteiger partial charge in [0, 0.05) is 0 Å². The van der Waals surface area contributed by atoms with E-state index in [0.717, 1.165) is 19.3 Å². The first-order valence-corrected chi connectivity index (χ1v) is 8.09. The van der Waals surface area contributed by atoms with Crippen LogP contribution >= 0.6 is 0 Å². The smallest absolute Gasteiger partial charge is 0.332 e. The Bertz CT molecular complexity index is 328. The minimum Gasteiger partial charge on any atom is -0.480 e. The van der Waals surface area contributed by atoms with Gasteiger partial charge in [0.15, 0.2) is 0 Å². The fraction of sp³-hybridized carbons (Fsp3) is 0.812. The van der Waals surface area contributed by atoms with E-state index in [9.17, 15) is 14.4 Å². The van der Waals surface area contributed by atoms with E-state index in [2.05, 4.69) is 6.92 Å². The molecule has 0 aromatic rings. The summed E-state index contributed by atoms with van der Waals surface area (Å²) in [7, 11) is 0. The van der Waals surface area contributed by atoms with Crippen molar-refractivity contribution in [3.63, 3.8) is 0 Å². The zero-order valence-corrected chi connectivity index (χ0v) is 13.3. The number of aliphatic carboxylic acids is 3. The van der Waals surface area contributed by atoms with Crippen LogP contribution in [-0.4, -0.2) is 33.2 Å². The summed E-state index contributed by atoms with van der Waals surface area (Å²) >= 11 is 0. The molecule has 128 valence electrons. The Hall–Kier alpha value is -1.59. The van der Waals surface area contributed by atoms with Gasteiger partial charge >= 0.3 is 17.9 Å². The Morgan fingerprint density at radius 1 is 0.636 bits per heavy atom. The molecule has 0 atom stereocenters. The van der Waals surface area contributed by atoms with E-state index in [4.69, 9.17) is 15.3 Å². The van der Waals surface area contributed by atoms with Crippen LogP contribution in [0.1, 0.15) is 77.6 Å². The van der Waals surface area contributed by atoms with E-state index >= 15 is 0 Å². The fourth-order valence-electron chi connectivity index (χ4n) is 2.47. The molecule has 0 heterocycles. The summed E-state index contributed by atoms with van der Waals surface area (Å²) in [5, 5.41) is 26.8. The Balaban J connectivity index is 3.94. The molecule has 0 aromatic carbocycles. The normalized spacial score (nSPS) is 11.3. The second-order valence-corrected chi connectivity index (χ2v) is 5.75. The molecular weight excluding hydrogens is 288 g/mol. The van der Waals surface area contributed by atoms with Gasteiger partial charge in [-0.3, -0.25) is 14.4 Å². The highest BCUT2D eigenvalue weighted by atomic mass is 16.4. The van der Waals surface area contributed by atoms with E-state index < -0.39 is 23.3 Å². The van der Waals surface area contributed by atoms with Crippen LogP contribution in [0.25, 0.3) is 0 Å². The summed E-state index contributed by atoms with van der Waals surface area (Å²) < 4.78 is 0. The predicted molar refractivity (Wildman–Crippen MR) is 81.8 cm³/mol. The summed E-state index contributed by atoms with van der Waals surface area (Å²) in [6.45, 7) is 2.17. The number of carboxylic acid groups (broad SMARTS) is 3. The molecule has 22 heavy (non-hydrogen) atoms. The molecule has 0 amide bonds. The number of rotatable bonds is 14. The molecule has 0 fully saturated rings. The van der Waals surface area contributed by atoms with Crippen LogP contribution in [0.2, 0.25) is 0 Å². The molecule has 6 nitrogen and oxygen atoms in total. The Morgan fingerprint density at radius 2 is 0.955 bits per heavy atom. The molecule has 0 aliphatic rings. The second-order valence-electron chi connectivity index (χ2n) is 5.75. The molecule has 6 heteroatoms. The summed E-state index contributed by atoms with van der Waals surface area (Å²) in [5.41, 5.74) is -2.71. The molecule has 3 N–H and O–H groups in total. The van der Waals surface area contributed by atoms with E-state index in [0.29, 0.717) is 12.8 Å². The SMILES string of the molecule is CCCCCCCCCCCCC(C(=O)O)(C(=O)O)C(=O)O. The zero-order valence-electron chi connectivity index (χ0n) is 13.3. The molecule has 0 aromatic heterocycles. The van der Waals surface area contributed by atoms with Gasteiger partial charge in [0.05, 0.1) is 0 Å². The number of hydrogen-bond donors (Lipinski definition) is 3. The van der Waals surface area contributed by atoms with Gasteiger partial charge in [0.2, 0.25) is 0 Å². The molecule has 0 aliphatic heterocycles. The summed E-state index contributed by atoms with van der Waals surface area (Å²) in [6, 6.07) is 0. The van der Waals surface area contributed by atoms with Gasteiger partial charge in [0.1, 0.15) is 0 Å². The quantitative estimate of drug-likeness (QED) is 0.334. The van der Waals surface area contributed by atoms with E-state index in [1.54, 1.807) is 0 Å². The van der Waals surface area contributed by atoms with Crippen molar-refractivity contribution in [2.45, 2.75) is 77.6 Å². The second kappa shape index (κ2) is 11.0. The van der Waals surface area contributed by atoms with E-state index in [-0.39, 0.29) is 6.42 Å². The standard InChI is InChI=1S/C16H28O6/c1-2-3-4-5-6-7-8-9-10-11-12-16(13(17)18,14(19)20)15(21)22/h2-12H2,1H3,(H,17,18)(H,19,20)(H,21,22). The number of hydrogen-bond acceptors (Lipinski definition) is 3. The van der Waals surface area contributed by atoms with E-state index in [1.165, 1.54) is 32.1 Å². The lowest BCUT2D eigenvalue weighted by Crippen LogP contribution is -2.46. The van der Waals surface area contributed by atoms with Crippen LogP contribution in [0, 0.1) is 5.41 Å². The van der Waals surface area contributed by atoms with Crippen molar-refractivity contribution < 1.29 is 29.7 Å². The topological polar surface area (TPSA) is 112 Å². The molecule has 0 saturated heterocycles. The highest BCUT2D eigenvalue weighted by Crippen LogP contribution is 2.27. The third-order valence-corrected chi connectivity index (χ3v) is 4.00. The molecule has 0 radical (unpaired) electrons. The fourth-order valence-corrected chi connectivity index (χ4v) is 2.47. The van der Waals surface area contributed by atoms with Crippen molar-refractivity contribution >= 4 is 17.9 Å². The molecule has 0 unspecified atom stereocenters. The van der Waals surface area contributed by atoms with Crippen molar-refractivity contribution in [3.05, 3.63) is 0 Å². The Morgan fingerprint density at radius 3 is 1.27 bits per heavy atom. The van der Waals surface area contributed by atoms with Crippen molar-refractivity contribution in [2.24, 2.45) is 5.41 Å². The van der Waals surface area contributed by atoms with Gasteiger partial charge in [-0.25, -0.2) is 0 Å².